The minimum absolute atomic E-state index is 0.422. The number of thioether (sulfide) groups is 1. The van der Waals surface area contributed by atoms with Crippen LogP contribution in [0.2, 0.25) is 0 Å². The van der Waals surface area contributed by atoms with Crippen LogP contribution in [0.5, 0.6) is 5.75 Å². The molecular weight excluding hydrogens is 589 g/mol. The van der Waals surface area contributed by atoms with E-state index in [9.17, 15) is 4.79 Å². The summed E-state index contributed by atoms with van der Waals surface area (Å²) in [7, 11) is 0. The molecule has 0 aliphatic carbocycles. The van der Waals surface area contributed by atoms with E-state index in [0.29, 0.717) is 33.5 Å². The normalized spacial score (nSPS) is 10.1. The molecule has 1 N–H and O–H groups in total. The molecule has 5 aromatic rings. The third-order valence-electron chi connectivity index (χ3n) is 6.31. The first kappa shape index (κ1) is 30.3. The molecule has 5 nitrogen and oxygen atoms in total. The van der Waals surface area contributed by atoms with Gasteiger partial charge in [-0.3, -0.25) is 0 Å². The predicted octanol–water partition coefficient (Wildman–Crippen LogP) is 8.10. The Balaban J connectivity index is 1.39. The average molecular weight is 615 g/mol. The molecule has 216 valence electrons. The molecule has 5 rings (SSSR count). The molecule has 0 fully saturated rings. The van der Waals surface area contributed by atoms with Gasteiger partial charge in [-0.15, -0.1) is 11.8 Å². The molecule has 2 heterocycles. The first-order chi connectivity index (χ1) is 21.4. The van der Waals surface area contributed by atoms with Gasteiger partial charge < -0.3 is 18.7 Å². The number of carbonyl (C=O) groups is 1. The Bertz CT molecular complexity index is 1800. The van der Waals surface area contributed by atoms with Crippen molar-refractivity contribution < 1.29 is 23.5 Å². The molecule has 0 amide bonds. The van der Waals surface area contributed by atoms with Crippen molar-refractivity contribution in [2.75, 3.05) is 12.4 Å². The molecule has 0 unspecified atom stereocenters. The van der Waals surface area contributed by atoms with Gasteiger partial charge in [0.1, 0.15) is 5.75 Å². The number of hydrogen-bond acceptors (Lipinski definition) is 6. The van der Waals surface area contributed by atoms with Crippen molar-refractivity contribution in [3.8, 4) is 29.4 Å². The first-order valence-corrected chi connectivity index (χ1v) is 15.0. The van der Waals surface area contributed by atoms with Gasteiger partial charge in [0.2, 0.25) is 0 Å². The number of benzene rings is 3. The van der Waals surface area contributed by atoms with Crippen molar-refractivity contribution in [3.63, 3.8) is 0 Å². The lowest BCUT2D eigenvalue weighted by atomic mass is 9.96. The topological polar surface area (TPSA) is 72.8 Å². The monoisotopic (exact) mass is 614 g/mol. The Kier molecular flexibility index (Phi) is 10.2. The fraction of sp³-hybridized carbons (Fsp3) is 0.0811. The molecule has 0 bridgehead atoms. The van der Waals surface area contributed by atoms with Gasteiger partial charge >= 0.3 is 5.97 Å². The first-order valence-electron chi connectivity index (χ1n) is 13.6. The largest absolute Gasteiger partial charge is 0.481 e. The van der Waals surface area contributed by atoms with E-state index in [1.807, 2.05) is 60.7 Å². The number of rotatable bonds is 9. The van der Waals surface area contributed by atoms with Gasteiger partial charge in [-0.25, -0.2) is 4.79 Å². The van der Waals surface area contributed by atoms with E-state index in [-0.39, 0.29) is 0 Å². The van der Waals surface area contributed by atoms with Crippen LogP contribution in [0, 0.1) is 23.7 Å². The van der Waals surface area contributed by atoms with E-state index in [1.54, 1.807) is 37.3 Å². The van der Waals surface area contributed by atoms with Crippen molar-refractivity contribution in [1.29, 1.82) is 0 Å². The van der Waals surface area contributed by atoms with Crippen molar-refractivity contribution >= 4 is 40.4 Å². The van der Waals surface area contributed by atoms with Crippen molar-refractivity contribution in [2.45, 2.75) is 11.8 Å². The summed E-state index contributed by atoms with van der Waals surface area (Å²) >= 11 is 7.05. The average Bonchev–Trinajstić information content (AvgIpc) is 3.76. The maximum Gasteiger partial charge on any atom is 0.341 e. The maximum atomic E-state index is 11.0. The Morgan fingerprint density at radius 2 is 1.41 bits per heavy atom. The lowest BCUT2D eigenvalue weighted by Gasteiger charge is -2.12. The van der Waals surface area contributed by atoms with Crippen molar-refractivity contribution in [1.82, 2.24) is 0 Å². The zero-order valence-electron chi connectivity index (χ0n) is 23.7. The summed E-state index contributed by atoms with van der Waals surface area (Å²) in [4.78, 5) is 12.6. The highest BCUT2D eigenvalue weighted by Gasteiger charge is 2.10. The summed E-state index contributed by atoms with van der Waals surface area (Å²) in [6, 6.07) is 29.2. The second-order valence-electron chi connectivity index (χ2n) is 9.43. The number of ether oxygens (including phenoxy) is 1. The molecule has 0 atom stereocenters. The summed E-state index contributed by atoms with van der Waals surface area (Å²) in [6.07, 6.45) is 5.40. The number of carboxylic acids is 1. The molecule has 3 aromatic carbocycles. The van der Waals surface area contributed by atoms with E-state index in [0.717, 1.165) is 32.7 Å². The molecule has 0 saturated heterocycles. The minimum Gasteiger partial charge on any atom is -0.481 e. The van der Waals surface area contributed by atoms with Gasteiger partial charge in [-0.05, 0) is 102 Å². The number of furan rings is 2. The summed E-state index contributed by atoms with van der Waals surface area (Å²) in [5.41, 5.74) is 5.66. The molecule has 0 aliphatic rings. The van der Waals surface area contributed by atoms with E-state index >= 15 is 0 Å². The molecule has 0 radical (unpaired) electrons. The van der Waals surface area contributed by atoms with Gasteiger partial charge in [0.15, 0.2) is 18.1 Å². The summed E-state index contributed by atoms with van der Waals surface area (Å²) in [5, 5.41) is 8.99. The fourth-order valence-electron chi connectivity index (χ4n) is 4.20. The van der Waals surface area contributed by atoms with Crippen LogP contribution in [0.4, 0.5) is 0 Å². The molecule has 44 heavy (non-hydrogen) atoms. The minimum atomic E-state index is -1.04. The second kappa shape index (κ2) is 14.8. The van der Waals surface area contributed by atoms with Crippen LogP contribution >= 0.6 is 24.0 Å². The van der Waals surface area contributed by atoms with Gasteiger partial charge in [-0.1, -0.05) is 54.4 Å². The lowest BCUT2D eigenvalue weighted by molar-refractivity contribution is -0.139. The number of aliphatic carboxylic acids is 1. The number of carboxylic acid groups (broad SMARTS) is 1. The predicted molar refractivity (Wildman–Crippen MR) is 177 cm³/mol. The van der Waals surface area contributed by atoms with Crippen LogP contribution in [0.25, 0.3) is 5.57 Å². The van der Waals surface area contributed by atoms with Gasteiger partial charge in [0, 0.05) is 32.2 Å². The summed E-state index contributed by atoms with van der Waals surface area (Å²) in [5.74, 6) is 13.7. The van der Waals surface area contributed by atoms with Gasteiger partial charge in [-0.2, -0.15) is 0 Å². The van der Waals surface area contributed by atoms with Crippen LogP contribution in [-0.4, -0.2) is 28.3 Å². The zero-order valence-corrected chi connectivity index (χ0v) is 25.3. The van der Waals surface area contributed by atoms with E-state index in [4.69, 9.17) is 30.9 Å². The second-order valence-corrected chi connectivity index (χ2v) is 11.1. The zero-order chi connectivity index (χ0) is 30.7. The van der Waals surface area contributed by atoms with Crippen LogP contribution in [0.15, 0.2) is 123 Å². The Labute approximate surface area is 265 Å². The standard InChI is InChI=1S/C37H26O5S2/c1-26(43)35-24-33(18-19-36(35)42-25-37(38)39)44-23-20-34(29-12-6-27(7-13-29)10-16-31-4-2-21-40-31)30-14-8-28(9-15-30)11-17-32-5-3-22-41-32/h2-9,12-15,18-22,24H,23,25H2,1H3,(H,38,39). The highest BCUT2D eigenvalue weighted by molar-refractivity contribution is 7.99. The third kappa shape index (κ3) is 8.42. The van der Waals surface area contributed by atoms with E-state index < -0.39 is 12.6 Å². The number of thiocarbonyl (C=S) groups is 1. The Morgan fingerprint density at radius 1 is 0.841 bits per heavy atom. The molecule has 2 aromatic heterocycles. The van der Waals surface area contributed by atoms with Gasteiger partial charge in [0.05, 0.1) is 12.5 Å². The van der Waals surface area contributed by atoms with Crippen molar-refractivity contribution in [3.05, 3.63) is 149 Å². The Morgan fingerprint density at radius 3 is 1.89 bits per heavy atom. The number of hydrogen-bond donors (Lipinski definition) is 1. The van der Waals surface area contributed by atoms with Gasteiger partial charge in [0.25, 0.3) is 0 Å². The SMILES string of the molecule is CC(=S)c1cc(SCC=C(c2ccc(C#Cc3ccco3)cc2)c2ccc(C#Cc3ccco3)cc2)ccc1OCC(=O)O. The summed E-state index contributed by atoms with van der Waals surface area (Å²) in [6.45, 7) is 1.38. The highest BCUT2D eigenvalue weighted by atomic mass is 32.2. The lowest BCUT2D eigenvalue weighted by Crippen LogP contribution is -2.11. The Hall–Kier alpha value is -5.21. The maximum absolute atomic E-state index is 11.0. The molecule has 0 saturated carbocycles. The van der Waals surface area contributed by atoms with Crippen LogP contribution < -0.4 is 4.74 Å². The third-order valence-corrected chi connectivity index (χ3v) is 7.45. The quantitative estimate of drug-likeness (QED) is 0.0779. The fourth-order valence-corrected chi connectivity index (χ4v) is 5.16. The van der Waals surface area contributed by atoms with Crippen LogP contribution in [0.3, 0.4) is 0 Å². The molecule has 0 aliphatic heterocycles. The molecule has 0 spiro atoms. The van der Waals surface area contributed by atoms with E-state index in [2.05, 4.69) is 54.0 Å². The highest BCUT2D eigenvalue weighted by Crippen LogP contribution is 2.30. The molecule has 7 heteroatoms. The summed E-state index contributed by atoms with van der Waals surface area (Å²) < 4.78 is 16.1. The molecular formula is C37H26O5S2. The van der Waals surface area contributed by atoms with Crippen LogP contribution in [-0.2, 0) is 4.79 Å². The van der Waals surface area contributed by atoms with Crippen LogP contribution in [0.1, 0.15) is 46.3 Å². The smallest absolute Gasteiger partial charge is 0.341 e. The van der Waals surface area contributed by atoms with E-state index in [1.165, 1.54) is 0 Å². The van der Waals surface area contributed by atoms with Crippen molar-refractivity contribution in [2.24, 2.45) is 0 Å².